The highest BCUT2D eigenvalue weighted by Gasteiger charge is 2.32. The first-order chi connectivity index (χ1) is 16.4. The van der Waals surface area contributed by atoms with Crippen LogP contribution < -0.4 is 14.8 Å². The number of esters is 1. The molecule has 0 fully saturated rings. The van der Waals surface area contributed by atoms with E-state index in [9.17, 15) is 9.59 Å². The lowest BCUT2D eigenvalue weighted by Gasteiger charge is -2.18. The lowest BCUT2D eigenvalue weighted by Crippen LogP contribution is -2.11. The van der Waals surface area contributed by atoms with Crippen LogP contribution in [0.4, 0.5) is 5.13 Å². The van der Waals surface area contributed by atoms with Gasteiger partial charge in [-0.3, -0.25) is 4.79 Å². The van der Waals surface area contributed by atoms with Crippen molar-refractivity contribution in [1.29, 1.82) is 0 Å². The summed E-state index contributed by atoms with van der Waals surface area (Å²) in [5.41, 5.74) is 5.25. The molecule has 7 nitrogen and oxygen atoms in total. The van der Waals surface area contributed by atoms with Crippen LogP contribution in [0.1, 0.15) is 76.6 Å². The Morgan fingerprint density at radius 2 is 1.91 bits per heavy atom. The number of amides is 1. The van der Waals surface area contributed by atoms with E-state index >= 15 is 0 Å². The number of fused-ring (bicyclic) bond motifs is 2. The third kappa shape index (κ3) is 4.97. The van der Waals surface area contributed by atoms with E-state index in [-0.39, 0.29) is 18.5 Å². The van der Waals surface area contributed by atoms with Crippen LogP contribution in [0.2, 0.25) is 0 Å². The van der Waals surface area contributed by atoms with Gasteiger partial charge in [0.15, 0.2) is 5.13 Å². The Hall–Kier alpha value is -2.87. The van der Waals surface area contributed by atoms with Crippen molar-refractivity contribution >= 4 is 28.3 Å². The number of carbonyl (C=O) groups excluding carboxylic acids is 2. The second-order valence-corrected chi connectivity index (χ2v) is 9.94. The fourth-order valence-electron chi connectivity index (χ4n) is 4.69. The summed E-state index contributed by atoms with van der Waals surface area (Å²) in [5.74, 6) is 0.822. The Balaban J connectivity index is 1.41. The van der Waals surface area contributed by atoms with Gasteiger partial charge >= 0.3 is 5.97 Å². The number of hydrogen-bond donors (Lipinski definition) is 1. The maximum Gasteiger partial charge on any atom is 0.342 e. The molecule has 0 saturated carbocycles. The first-order valence-electron chi connectivity index (χ1n) is 11.8. The quantitative estimate of drug-likeness (QED) is 0.310. The van der Waals surface area contributed by atoms with E-state index in [0.717, 1.165) is 40.8 Å². The van der Waals surface area contributed by atoms with Crippen molar-refractivity contribution in [3.8, 4) is 11.5 Å². The number of cyclic esters (lactones) is 1. The zero-order valence-corrected chi connectivity index (χ0v) is 21.2. The standard InChI is InChI=1S/C26H32N2O5S/c1-15(11-13-21(29)28-26-27-19-8-6-5-7-9-20(19)34-26)10-12-17-23(31-3)16(2)18-14-33-25(30)22(18)24(17)32-4/h10H,5-9,11-14H2,1-4H3,(H,27,28,29). The molecule has 1 aliphatic carbocycles. The predicted molar refractivity (Wildman–Crippen MR) is 132 cm³/mol. The smallest absolute Gasteiger partial charge is 0.342 e. The second-order valence-electron chi connectivity index (χ2n) is 8.85. The van der Waals surface area contributed by atoms with Crippen molar-refractivity contribution in [3.05, 3.63) is 44.5 Å². The SMILES string of the molecule is COc1c(C)c2c(c(OC)c1CC=C(C)CCC(=O)Nc1nc3c(s1)CCCCC3)C(=O)OC2. The minimum absolute atomic E-state index is 0.0251. The number of benzene rings is 1. The fraction of sp³-hybridized carbons (Fsp3) is 0.500. The summed E-state index contributed by atoms with van der Waals surface area (Å²) >= 11 is 1.61. The minimum atomic E-state index is -0.365. The molecule has 2 aromatic rings. The van der Waals surface area contributed by atoms with E-state index in [1.165, 1.54) is 24.1 Å². The zero-order chi connectivity index (χ0) is 24.2. The van der Waals surface area contributed by atoms with Crippen molar-refractivity contribution in [2.45, 2.75) is 71.8 Å². The lowest BCUT2D eigenvalue weighted by molar-refractivity contribution is -0.116. The number of ether oxygens (including phenoxy) is 3. The fourth-order valence-corrected chi connectivity index (χ4v) is 5.75. The van der Waals surface area contributed by atoms with Crippen LogP contribution in [0.15, 0.2) is 11.6 Å². The molecule has 1 N–H and O–H groups in total. The maximum atomic E-state index is 12.5. The molecule has 1 amide bonds. The molecule has 1 aromatic heterocycles. The molecule has 4 rings (SSSR count). The zero-order valence-electron chi connectivity index (χ0n) is 20.3. The van der Waals surface area contributed by atoms with Gasteiger partial charge in [-0.25, -0.2) is 9.78 Å². The van der Waals surface area contributed by atoms with Gasteiger partial charge in [0.25, 0.3) is 0 Å². The summed E-state index contributed by atoms with van der Waals surface area (Å²) in [4.78, 5) is 30.8. The predicted octanol–water partition coefficient (Wildman–Crippen LogP) is 5.32. The van der Waals surface area contributed by atoms with Gasteiger partial charge in [-0.1, -0.05) is 18.1 Å². The van der Waals surface area contributed by atoms with Crippen molar-refractivity contribution in [2.24, 2.45) is 0 Å². The van der Waals surface area contributed by atoms with Crippen LogP contribution in [0.5, 0.6) is 11.5 Å². The van der Waals surface area contributed by atoms with Crippen LogP contribution in [0, 0.1) is 6.92 Å². The maximum absolute atomic E-state index is 12.5. The number of nitrogens with one attached hydrogen (secondary N) is 1. The number of anilines is 1. The molecule has 1 aromatic carbocycles. The number of rotatable bonds is 8. The molecule has 2 heterocycles. The van der Waals surface area contributed by atoms with Crippen LogP contribution in [0.25, 0.3) is 0 Å². The van der Waals surface area contributed by atoms with E-state index in [2.05, 4.69) is 16.4 Å². The van der Waals surface area contributed by atoms with Gasteiger partial charge in [0, 0.05) is 22.4 Å². The van der Waals surface area contributed by atoms with Crippen LogP contribution in [0.3, 0.4) is 0 Å². The van der Waals surface area contributed by atoms with E-state index in [1.54, 1.807) is 25.6 Å². The van der Waals surface area contributed by atoms with Crippen molar-refractivity contribution in [1.82, 2.24) is 4.98 Å². The van der Waals surface area contributed by atoms with Crippen LogP contribution in [-0.4, -0.2) is 31.1 Å². The molecular formula is C26H32N2O5S. The van der Waals surface area contributed by atoms with Crippen LogP contribution in [-0.2, 0) is 35.4 Å². The number of thiazole rings is 1. The number of methoxy groups -OCH3 is 2. The number of nitrogens with zero attached hydrogens (tertiary/aromatic N) is 1. The van der Waals surface area contributed by atoms with Gasteiger partial charge < -0.3 is 19.5 Å². The summed E-state index contributed by atoms with van der Waals surface area (Å²) in [7, 11) is 3.17. The summed E-state index contributed by atoms with van der Waals surface area (Å²) in [6.45, 7) is 4.17. The normalized spacial score (nSPS) is 15.3. The van der Waals surface area contributed by atoms with Gasteiger partial charge in [0.2, 0.25) is 5.91 Å². The molecule has 0 unspecified atom stereocenters. The summed E-state index contributed by atoms with van der Waals surface area (Å²) in [6, 6.07) is 0. The number of aryl methyl sites for hydroxylation is 2. The van der Waals surface area contributed by atoms with Gasteiger partial charge in [0.1, 0.15) is 23.7 Å². The minimum Gasteiger partial charge on any atom is -0.496 e. The van der Waals surface area contributed by atoms with Crippen molar-refractivity contribution in [2.75, 3.05) is 19.5 Å². The first kappa shape index (κ1) is 24.3. The largest absolute Gasteiger partial charge is 0.496 e. The van der Waals surface area contributed by atoms with Crippen molar-refractivity contribution < 1.29 is 23.8 Å². The molecule has 34 heavy (non-hydrogen) atoms. The molecular weight excluding hydrogens is 452 g/mol. The highest BCUT2D eigenvalue weighted by molar-refractivity contribution is 7.15. The first-order valence-corrected chi connectivity index (χ1v) is 12.6. The van der Waals surface area contributed by atoms with Crippen molar-refractivity contribution in [3.63, 3.8) is 0 Å². The number of aromatic nitrogens is 1. The Kier molecular flexibility index (Phi) is 7.56. The molecule has 0 radical (unpaired) electrons. The molecule has 1 aliphatic heterocycles. The molecule has 0 bridgehead atoms. The van der Waals surface area contributed by atoms with E-state index in [1.807, 2.05) is 13.8 Å². The third-order valence-electron chi connectivity index (χ3n) is 6.57. The second kappa shape index (κ2) is 10.6. The molecule has 8 heteroatoms. The molecule has 0 saturated heterocycles. The van der Waals surface area contributed by atoms with Gasteiger partial charge in [-0.15, -0.1) is 11.3 Å². The average molecular weight is 485 g/mol. The number of allylic oxidation sites excluding steroid dienone is 2. The number of carbonyl (C=O) groups is 2. The lowest BCUT2D eigenvalue weighted by atomic mass is 9.94. The topological polar surface area (TPSA) is 86.8 Å². The Morgan fingerprint density at radius 3 is 2.68 bits per heavy atom. The highest BCUT2D eigenvalue weighted by atomic mass is 32.1. The number of hydrogen-bond acceptors (Lipinski definition) is 7. The summed E-state index contributed by atoms with van der Waals surface area (Å²) in [6.07, 6.45) is 9.31. The summed E-state index contributed by atoms with van der Waals surface area (Å²) < 4.78 is 16.5. The Labute approximate surface area is 204 Å². The Morgan fingerprint density at radius 1 is 1.15 bits per heavy atom. The van der Waals surface area contributed by atoms with E-state index < -0.39 is 0 Å². The Bertz CT molecular complexity index is 1110. The average Bonchev–Trinajstić information content (AvgIpc) is 3.32. The molecule has 2 aliphatic rings. The molecule has 0 spiro atoms. The monoisotopic (exact) mass is 484 g/mol. The molecule has 182 valence electrons. The van der Waals surface area contributed by atoms with E-state index in [4.69, 9.17) is 14.2 Å². The van der Waals surface area contributed by atoms with Crippen LogP contribution >= 0.6 is 11.3 Å². The summed E-state index contributed by atoms with van der Waals surface area (Å²) in [5, 5.41) is 3.69. The van der Waals surface area contributed by atoms with Gasteiger partial charge in [0.05, 0.1) is 19.9 Å². The third-order valence-corrected chi connectivity index (χ3v) is 7.65. The molecule has 0 atom stereocenters. The van der Waals surface area contributed by atoms with Gasteiger partial charge in [-0.2, -0.15) is 0 Å². The van der Waals surface area contributed by atoms with E-state index in [0.29, 0.717) is 41.5 Å². The highest BCUT2D eigenvalue weighted by Crippen LogP contribution is 2.42. The van der Waals surface area contributed by atoms with Gasteiger partial charge in [-0.05, 0) is 57.9 Å².